The summed E-state index contributed by atoms with van der Waals surface area (Å²) in [4.78, 5) is 43.0. The lowest BCUT2D eigenvalue weighted by atomic mass is 9.69. The van der Waals surface area contributed by atoms with Crippen LogP contribution < -0.4 is 10.1 Å². The summed E-state index contributed by atoms with van der Waals surface area (Å²) in [7, 11) is 0. The van der Waals surface area contributed by atoms with Crippen molar-refractivity contribution < 1.29 is 28.2 Å². The SMILES string of the molecule is CC(C)(C(=O)NC=O)C1c2ccc(-c3ccc(C(=O)N4CCOCC4)cc3)nc2Oc2c(F)cccc21. The Hall–Kier alpha value is -4.11. The molecule has 0 saturated carbocycles. The molecule has 1 N–H and O–H groups in total. The number of hydrogen-bond donors (Lipinski definition) is 1. The highest BCUT2D eigenvalue weighted by Crippen LogP contribution is 2.52. The Kier molecular flexibility index (Phi) is 6.47. The van der Waals surface area contributed by atoms with Gasteiger partial charge in [-0.1, -0.05) is 44.2 Å². The van der Waals surface area contributed by atoms with E-state index in [9.17, 15) is 18.8 Å². The molecule has 0 bridgehead atoms. The molecule has 0 spiro atoms. The molecule has 1 atom stereocenters. The first-order valence-corrected chi connectivity index (χ1v) is 12.0. The van der Waals surface area contributed by atoms with E-state index >= 15 is 0 Å². The normalized spacial score (nSPS) is 16.7. The number of nitrogens with one attached hydrogen (secondary N) is 1. The van der Waals surface area contributed by atoms with Crippen molar-refractivity contribution in [2.45, 2.75) is 19.8 Å². The molecule has 1 aromatic heterocycles. The fraction of sp³-hybridized carbons (Fsp3) is 0.286. The third-order valence-electron chi connectivity index (χ3n) is 6.93. The highest BCUT2D eigenvalue weighted by Gasteiger charge is 2.44. The Morgan fingerprint density at radius 2 is 1.78 bits per heavy atom. The van der Waals surface area contributed by atoms with Gasteiger partial charge in [0, 0.05) is 41.3 Å². The summed E-state index contributed by atoms with van der Waals surface area (Å²) in [6, 6.07) is 15.3. The summed E-state index contributed by atoms with van der Waals surface area (Å²) in [6.07, 6.45) is 0.339. The van der Waals surface area contributed by atoms with E-state index in [0.29, 0.717) is 55.1 Å². The molecule has 1 fully saturated rings. The van der Waals surface area contributed by atoms with Crippen molar-refractivity contribution in [2.75, 3.05) is 26.3 Å². The summed E-state index contributed by atoms with van der Waals surface area (Å²) in [5, 5.41) is 2.22. The van der Waals surface area contributed by atoms with Gasteiger partial charge in [-0.05, 0) is 24.3 Å². The van der Waals surface area contributed by atoms with Gasteiger partial charge in [-0.3, -0.25) is 19.7 Å². The molecule has 3 heterocycles. The molecule has 9 heteroatoms. The number of carbonyl (C=O) groups excluding carboxylic acids is 3. The molecule has 0 radical (unpaired) electrons. The lowest BCUT2D eigenvalue weighted by Crippen LogP contribution is -2.41. The number of ether oxygens (including phenoxy) is 2. The summed E-state index contributed by atoms with van der Waals surface area (Å²) < 4.78 is 26.1. The number of fused-ring (bicyclic) bond motifs is 2. The number of pyridine rings is 1. The molecule has 8 nitrogen and oxygen atoms in total. The molecule has 37 heavy (non-hydrogen) atoms. The van der Waals surface area contributed by atoms with Gasteiger partial charge < -0.3 is 14.4 Å². The van der Waals surface area contributed by atoms with E-state index < -0.39 is 23.1 Å². The topological polar surface area (TPSA) is 97.8 Å². The number of benzene rings is 2. The largest absolute Gasteiger partial charge is 0.435 e. The molecule has 5 rings (SSSR count). The van der Waals surface area contributed by atoms with Crippen LogP contribution in [0.25, 0.3) is 11.3 Å². The second-order valence-electron chi connectivity index (χ2n) is 9.58. The van der Waals surface area contributed by atoms with Gasteiger partial charge in [0.15, 0.2) is 11.6 Å². The number of imide groups is 1. The smallest absolute Gasteiger partial charge is 0.254 e. The number of rotatable bonds is 5. The van der Waals surface area contributed by atoms with Crippen LogP contribution in [0, 0.1) is 11.2 Å². The van der Waals surface area contributed by atoms with Gasteiger partial charge in [0.1, 0.15) is 0 Å². The monoisotopic (exact) mass is 503 g/mol. The number of morpholine rings is 1. The zero-order valence-electron chi connectivity index (χ0n) is 20.5. The van der Waals surface area contributed by atoms with Gasteiger partial charge in [-0.15, -0.1) is 0 Å². The first kappa shape index (κ1) is 24.6. The predicted molar refractivity (Wildman–Crippen MR) is 133 cm³/mol. The molecular weight excluding hydrogens is 477 g/mol. The van der Waals surface area contributed by atoms with Crippen molar-refractivity contribution in [1.82, 2.24) is 15.2 Å². The number of carbonyl (C=O) groups is 3. The zero-order chi connectivity index (χ0) is 26.2. The Morgan fingerprint density at radius 1 is 1.05 bits per heavy atom. The number of nitrogens with zero attached hydrogens (tertiary/aromatic N) is 2. The zero-order valence-corrected chi connectivity index (χ0v) is 20.5. The molecule has 2 aromatic carbocycles. The Balaban J connectivity index is 1.50. The molecular formula is C28H26FN3O5. The van der Waals surface area contributed by atoms with Crippen molar-refractivity contribution in [3.05, 3.63) is 77.1 Å². The van der Waals surface area contributed by atoms with Crippen LogP contribution in [0.1, 0.15) is 41.3 Å². The van der Waals surface area contributed by atoms with Crippen LogP contribution in [0.2, 0.25) is 0 Å². The van der Waals surface area contributed by atoms with E-state index in [1.807, 2.05) is 0 Å². The number of amides is 3. The van der Waals surface area contributed by atoms with E-state index in [1.54, 1.807) is 67.3 Å². The average Bonchev–Trinajstić information content (AvgIpc) is 2.92. The Bertz CT molecular complexity index is 1370. The average molecular weight is 504 g/mol. The quantitative estimate of drug-likeness (QED) is 0.531. The van der Waals surface area contributed by atoms with E-state index in [4.69, 9.17) is 9.47 Å². The van der Waals surface area contributed by atoms with Crippen molar-refractivity contribution >= 4 is 18.2 Å². The highest BCUT2D eigenvalue weighted by molar-refractivity contribution is 5.95. The number of para-hydroxylation sites is 1. The number of hydrogen-bond acceptors (Lipinski definition) is 6. The first-order valence-electron chi connectivity index (χ1n) is 12.0. The van der Waals surface area contributed by atoms with Gasteiger partial charge in [-0.2, -0.15) is 0 Å². The van der Waals surface area contributed by atoms with Crippen LogP contribution in [0.4, 0.5) is 4.39 Å². The summed E-state index contributed by atoms with van der Waals surface area (Å²) in [5.74, 6) is -1.55. The van der Waals surface area contributed by atoms with Crippen LogP contribution in [0.3, 0.4) is 0 Å². The summed E-state index contributed by atoms with van der Waals surface area (Å²) in [5.41, 5.74) is 1.87. The summed E-state index contributed by atoms with van der Waals surface area (Å²) >= 11 is 0. The van der Waals surface area contributed by atoms with Crippen LogP contribution in [0.15, 0.2) is 54.6 Å². The minimum Gasteiger partial charge on any atom is -0.435 e. The van der Waals surface area contributed by atoms with E-state index in [2.05, 4.69) is 10.3 Å². The predicted octanol–water partition coefficient (Wildman–Crippen LogP) is 3.90. The van der Waals surface area contributed by atoms with Crippen LogP contribution in [0.5, 0.6) is 11.6 Å². The van der Waals surface area contributed by atoms with E-state index in [-0.39, 0.29) is 17.5 Å². The standard InChI is InChI=1S/C28H26FN3O5/c1-28(2,27(35)30-16-33)23-19-4-3-5-21(29)24(19)37-25-20(23)10-11-22(31-25)17-6-8-18(9-7-17)26(34)32-12-14-36-15-13-32/h3-11,16,23H,12-15H2,1-2H3,(H,30,33,35). The van der Waals surface area contributed by atoms with Crippen molar-refractivity contribution in [2.24, 2.45) is 5.41 Å². The number of halogens is 1. The molecule has 1 saturated heterocycles. The molecule has 3 aromatic rings. The van der Waals surface area contributed by atoms with E-state index in [1.165, 1.54) is 6.07 Å². The van der Waals surface area contributed by atoms with Gasteiger partial charge in [0.2, 0.25) is 18.2 Å². The number of aromatic nitrogens is 1. The Labute approximate surface area is 213 Å². The highest BCUT2D eigenvalue weighted by atomic mass is 19.1. The lowest BCUT2D eigenvalue weighted by Gasteiger charge is -2.37. The summed E-state index contributed by atoms with van der Waals surface area (Å²) in [6.45, 7) is 5.56. The minimum absolute atomic E-state index is 0.00286. The Morgan fingerprint density at radius 3 is 2.49 bits per heavy atom. The molecule has 3 amide bonds. The second-order valence-corrected chi connectivity index (χ2v) is 9.58. The molecule has 190 valence electrons. The van der Waals surface area contributed by atoms with Crippen molar-refractivity contribution in [3.8, 4) is 22.9 Å². The third kappa shape index (κ3) is 4.46. The molecule has 2 aliphatic rings. The molecule has 1 unspecified atom stereocenters. The lowest BCUT2D eigenvalue weighted by molar-refractivity contribution is -0.132. The van der Waals surface area contributed by atoms with Crippen LogP contribution >= 0.6 is 0 Å². The van der Waals surface area contributed by atoms with Crippen molar-refractivity contribution in [1.29, 1.82) is 0 Å². The molecule has 0 aliphatic carbocycles. The van der Waals surface area contributed by atoms with Gasteiger partial charge in [-0.25, -0.2) is 9.37 Å². The fourth-order valence-corrected chi connectivity index (χ4v) is 4.92. The molecule has 2 aliphatic heterocycles. The van der Waals surface area contributed by atoms with Crippen LogP contribution in [-0.2, 0) is 14.3 Å². The third-order valence-corrected chi connectivity index (χ3v) is 6.93. The maximum atomic E-state index is 14.8. The minimum atomic E-state index is -1.12. The van der Waals surface area contributed by atoms with E-state index in [0.717, 1.165) is 5.56 Å². The van der Waals surface area contributed by atoms with Gasteiger partial charge >= 0.3 is 0 Å². The van der Waals surface area contributed by atoms with Crippen molar-refractivity contribution in [3.63, 3.8) is 0 Å². The van der Waals surface area contributed by atoms with Gasteiger partial charge in [0.05, 0.1) is 24.3 Å². The van der Waals surface area contributed by atoms with Gasteiger partial charge in [0.25, 0.3) is 5.91 Å². The first-order chi connectivity index (χ1) is 17.8. The maximum absolute atomic E-state index is 14.8. The second kappa shape index (κ2) is 9.74. The fourth-order valence-electron chi connectivity index (χ4n) is 4.92. The maximum Gasteiger partial charge on any atom is 0.254 e. The van der Waals surface area contributed by atoms with Crippen LogP contribution in [-0.4, -0.2) is 54.4 Å².